The van der Waals surface area contributed by atoms with Crippen molar-refractivity contribution < 1.29 is 19.1 Å². The first-order valence-electron chi connectivity index (χ1n) is 5.83. The van der Waals surface area contributed by atoms with Gasteiger partial charge in [-0.1, -0.05) is 20.8 Å². The summed E-state index contributed by atoms with van der Waals surface area (Å²) in [6.07, 6.45) is 1.02. The monoisotopic (exact) mass is 258 g/mol. The van der Waals surface area contributed by atoms with Crippen LogP contribution < -0.4 is 0 Å². The van der Waals surface area contributed by atoms with Gasteiger partial charge in [0.25, 0.3) is 0 Å². The summed E-state index contributed by atoms with van der Waals surface area (Å²) in [6, 6.07) is 0. The Bertz CT molecular complexity index is 317. The lowest BCUT2D eigenvalue weighted by Gasteiger charge is -2.37. The zero-order valence-corrected chi connectivity index (χ0v) is 12.2. The number of aliphatic hydroxyl groups is 1. The molecular formula is C12H22O4Si. The van der Waals surface area contributed by atoms with Gasteiger partial charge in [-0.2, -0.15) is 0 Å². The van der Waals surface area contributed by atoms with Gasteiger partial charge in [-0.3, -0.25) is 4.79 Å². The maximum absolute atomic E-state index is 11.5. The molecule has 0 aliphatic carbocycles. The fraction of sp³-hybridized carbons (Fsp3) is 0.750. The van der Waals surface area contributed by atoms with E-state index in [-0.39, 0.29) is 17.4 Å². The highest BCUT2D eigenvalue weighted by Gasteiger charge is 2.38. The molecule has 1 aliphatic heterocycles. The molecule has 4 nitrogen and oxygen atoms in total. The molecule has 5 heteroatoms. The molecule has 0 fully saturated rings. The van der Waals surface area contributed by atoms with Gasteiger partial charge in [-0.15, -0.1) is 0 Å². The van der Waals surface area contributed by atoms with Crippen molar-refractivity contribution in [2.24, 2.45) is 0 Å². The Morgan fingerprint density at radius 3 is 2.59 bits per heavy atom. The standard InChI is InChI=1S/C12H22O4Si/c1-12(2,3)17(4,5)15-8-10-9(13)6-7-11(14)16-10/h6-7,10-11,14H,8H2,1-5H3. The minimum atomic E-state index is -1.88. The second kappa shape index (κ2) is 5.02. The summed E-state index contributed by atoms with van der Waals surface area (Å²) in [4.78, 5) is 11.5. The van der Waals surface area contributed by atoms with Gasteiger partial charge in [0.05, 0.1) is 6.61 Å². The molecule has 1 rings (SSSR count). The van der Waals surface area contributed by atoms with Crippen molar-refractivity contribution in [3.63, 3.8) is 0 Å². The highest BCUT2D eigenvalue weighted by molar-refractivity contribution is 6.74. The van der Waals surface area contributed by atoms with Crippen LogP contribution in [0.5, 0.6) is 0 Å². The molecule has 1 heterocycles. The topological polar surface area (TPSA) is 55.8 Å². The van der Waals surface area contributed by atoms with Crippen molar-refractivity contribution in [2.45, 2.75) is 51.3 Å². The lowest BCUT2D eigenvalue weighted by atomic mass is 10.2. The van der Waals surface area contributed by atoms with Crippen molar-refractivity contribution in [1.82, 2.24) is 0 Å². The molecule has 1 aliphatic rings. The molecule has 0 aromatic carbocycles. The number of ether oxygens (including phenoxy) is 1. The lowest BCUT2D eigenvalue weighted by molar-refractivity contribution is -0.152. The van der Waals surface area contributed by atoms with Crippen LogP contribution in [0.25, 0.3) is 0 Å². The average Bonchev–Trinajstić information content (AvgIpc) is 2.18. The Balaban J connectivity index is 2.57. The van der Waals surface area contributed by atoms with E-state index >= 15 is 0 Å². The van der Waals surface area contributed by atoms with E-state index in [1.54, 1.807) is 0 Å². The van der Waals surface area contributed by atoms with Crippen LogP contribution in [0.2, 0.25) is 18.1 Å². The molecule has 0 bridgehead atoms. The summed E-state index contributed by atoms with van der Waals surface area (Å²) in [6.45, 7) is 10.9. The molecule has 0 spiro atoms. The van der Waals surface area contributed by atoms with Crippen LogP contribution in [0.3, 0.4) is 0 Å². The van der Waals surface area contributed by atoms with E-state index in [0.717, 1.165) is 0 Å². The van der Waals surface area contributed by atoms with Crippen LogP contribution in [0, 0.1) is 0 Å². The number of rotatable bonds is 3. The average molecular weight is 258 g/mol. The zero-order valence-electron chi connectivity index (χ0n) is 11.2. The van der Waals surface area contributed by atoms with Crippen molar-refractivity contribution in [1.29, 1.82) is 0 Å². The highest BCUT2D eigenvalue weighted by Crippen LogP contribution is 2.36. The number of hydrogen-bond acceptors (Lipinski definition) is 4. The van der Waals surface area contributed by atoms with Crippen LogP contribution in [0.4, 0.5) is 0 Å². The van der Waals surface area contributed by atoms with E-state index in [2.05, 4.69) is 33.9 Å². The Kier molecular flexibility index (Phi) is 4.30. The molecular weight excluding hydrogens is 236 g/mol. The molecule has 17 heavy (non-hydrogen) atoms. The molecule has 0 saturated carbocycles. The van der Waals surface area contributed by atoms with E-state index in [9.17, 15) is 9.90 Å². The fourth-order valence-electron chi connectivity index (χ4n) is 1.19. The zero-order chi connectivity index (χ0) is 13.3. The number of carbonyl (C=O) groups excluding carboxylic acids is 1. The van der Waals surface area contributed by atoms with Crippen LogP contribution in [0.1, 0.15) is 20.8 Å². The summed E-state index contributed by atoms with van der Waals surface area (Å²) < 4.78 is 11.0. The predicted octanol–water partition coefficient (Wildman–Crippen LogP) is 1.85. The number of aliphatic hydroxyl groups excluding tert-OH is 1. The van der Waals surface area contributed by atoms with Crippen molar-refractivity contribution in [3.05, 3.63) is 12.2 Å². The molecule has 0 saturated heterocycles. The van der Waals surface area contributed by atoms with Gasteiger partial charge in [0.2, 0.25) is 0 Å². The normalized spacial score (nSPS) is 26.4. The van der Waals surface area contributed by atoms with E-state index in [1.807, 2.05) is 0 Å². The Hall–Kier alpha value is -0.493. The van der Waals surface area contributed by atoms with E-state index in [4.69, 9.17) is 9.16 Å². The van der Waals surface area contributed by atoms with Crippen molar-refractivity contribution >= 4 is 14.1 Å². The Labute approximate surface area is 104 Å². The molecule has 0 amide bonds. The summed E-state index contributed by atoms with van der Waals surface area (Å²) in [5.74, 6) is -0.144. The van der Waals surface area contributed by atoms with E-state index < -0.39 is 20.7 Å². The quantitative estimate of drug-likeness (QED) is 0.785. The third kappa shape index (κ3) is 3.74. The minimum Gasteiger partial charge on any atom is -0.414 e. The number of carbonyl (C=O) groups is 1. The number of ketones is 1. The Morgan fingerprint density at radius 1 is 1.47 bits per heavy atom. The van der Waals surface area contributed by atoms with Gasteiger partial charge in [0.1, 0.15) is 6.10 Å². The molecule has 98 valence electrons. The van der Waals surface area contributed by atoms with Crippen LogP contribution in [-0.2, 0) is 14.0 Å². The summed E-state index contributed by atoms with van der Waals surface area (Å²) in [5.41, 5.74) is 0. The molecule has 0 aromatic heterocycles. The molecule has 2 atom stereocenters. The third-order valence-corrected chi connectivity index (χ3v) is 7.95. The molecule has 0 aromatic rings. The highest BCUT2D eigenvalue weighted by atomic mass is 28.4. The largest absolute Gasteiger partial charge is 0.414 e. The third-order valence-electron chi connectivity index (χ3n) is 3.45. The van der Waals surface area contributed by atoms with Gasteiger partial charge in [-0.05, 0) is 30.3 Å². The van der Waals surface area contributed by atoms with Gasteiger partial charge in [0.15, 0.2) is 20.4 Å². The molecule has 2 unspecified atom stereocenters. The van der Waals surface area contributed by atoms with Crippen LogP contribution >= 0.6 is 0 Å². The first-order chi connectivity index (χ1) is 7.63. The lowest BCUT2D eigenvalue weighted by Crippen LogP contribution is -2.45. The van der Waals surface area contributed by atoms with Gasteiger partial charge in [-0.25, -0.2) is 0 Å². The first kappa shape index (κ1) is 14.6. The van der Waals surface area contributed by atoms with Crippen LogP contribution in [0.15, 0.2) is 12.2 Å². The maximum atomic E-state index is 11.5. The van der Waals surface area contributed by atoms with Crippen LogP contribution in [-0.4, -0.2) is 38.2 Å². The molecule has 0 radical (unpaired) electrons. The van der Waals surface area contributed by atoms with Crippen molar-refractivity contribution in [3.8, 4) is 0 Å². The van der Waals surface area contributed by atoms with Gasteiger partial charge in [0, 0.05) is 0 Å². The minimum absolute atomic E-state index is 0.0964. The second-order valence-electron chi connectivity index (χ2n) is 5.85. The van der Waals surface area contributed by atoms with E-state index in [1.165, 1.54) is 12.2 Å². The summed E-state index contributed by atoms with van der Waals surface area (Å²) in [5, 5.41) is 9.38. The summed E-state index contributed by atoms with van der Waals surface area (Å²) >= 11 is 0. The SMILES string of the molecule is CC(C)(C)[Si](C)(C)OCC1OC(O)C=CC1=O. The second-order valence-corrected chi connectivity index (χ2v) is 10.7. The number of hydrogen-bond donors (Lipinski definition) is 1. The first-order valence-corrected chi connectivity index (χ1v) is 8.74. The van der Waals surface area contributed by atoms with Gasteiger partial charge < -0.3 is 14.3 Å². The Morgan fingerprint density at radius 2 is 2.06 bits per heavy atom. The smallest absolute Gasteiger partial charge is 0.192 e. The van der Waals surface area contributed by atoms with Gasteiger partial charge >= 0.3 is 0 Å². The van der Waals surface area contributed by atoms with Crippen molar-refractivity contribution in [2.75, 3.05) is 6.61 Å². The predicted molar refractivity (Wildman–Crippen MR) is 68.2 cm³/mol. The fourth-order valence-corrected chi connectivity index (χ4v) is 2.19. The maximum Gasteiger partial charge on any atom is 0.192 e. The summed E-state index contributed by atoms with van der Waals surface area (Å²) in [7, 11) is -1.88. The molecule has 1 N–H and O–H groups in total. The van der Waals surface area contributed by atoms with E-state index in [0.29, 0.717) is 0 Å².